The quantitative estimate of drug-likeness (QED) is 0.798. The van der Waals surface area contributed by atoms with Gasteiger partial charge in [0.25, 0.3) is 5.56 Å². The van der Waals surface area contributed by atoms with Crippen LogP contribution in [0, 0.1) is 0 Å². The summed E-state index contributed by atoms with van der Waals surface area (Å²) in [6, 6.07) is 5.11. The average Bonchev–Trinajstić information content (AvgIpc) is 2.19. The topological polar surface area (TPSA) is 60.9 Å². The minimum absolute atomic E-state index is 0.169. The Hall–Kier alpha value is -1.39. The fourth-order valence-corrected chi connectivity index (χ4v) is 1.64. The zero-order chi connectivity index (χ0) is 11.0. The Labute approximate surface area is 91.3 Å². The molecule has 1 atom stereocenters. The molecule has 4 nitrogen and oxygen atoms in total. The third-order valence-corrected chi connectivity index (χ3v) is 2.51. The van der Waals surface area contributed by atoms with E-state index in [1.807, 2.05) is 0 Å². The molecule has 2 N–H and O–H groups in total. The first kappa shape index (κ1) is 10.1. The van der Waals surface area contributed by atoms with Gasteiger partial charge in [-0.15, -0.1) is 0 Å². The maximum atomic E-state index is 11.9. The molecule has 2 aromatic rings. The zero-order valence-corrected chi connectivity index (χ0v) is 8.90. The van der Waals surface area contributed by atoms with Crippen LogP contribution >= 0.6 is 11.6 Å². The van der Waals surface area contributed by atoms with E-state index >= 15 is 0 Å². The first-order chi connectivity index (χ1) is 7.11. The van der Waals surface area contributed by atoms with Crippen molar-refractivity contribution >= 4 is 22.5 Å². The van der Waals surface area contributed by atoms with E-state index in [4.69, 9.17) is 17.3 Å². The molecule has 1 heterocycles. The van der Waals surface area contributed by atoms with Crippen molar-refractivity contribution < 1.29 is 0 Å². The van der Waals surface area contributed by atoms with Crippen LogP contribution in [0.3, 0.4) is 0 Å². The molecule has 0 amide bonds. The summed E-state index contributed by atoms with van der Waals surface area (Å²) in [5.41, 5.74) is 5.98. The van der Waals surface area contributed by atoms with Crippen LogP contribution in [0.25, 0.3) is 10.9 Å². The molecule has 0 aliphatic carbocycles. The van der Waals surface area contributed by atoms with Gasteiger partial charge >= 0.3 is 0 Å². The van der Waals surface area contributed by atoms with E-state index in [0.29, 0.717) is 15.9 Å². The molecule has 0 radical (unpaired) electrons. The number of rotatable bonds is 1. The average molecular weight is 224 g/mol. The summed E-state index contributed by atoms with van der Waals surface area (Å²) < 4.78 is 1.37. The van der Waals surface area contributed by atoms with Gasteiger partial charge < -0.3 is 5.73 Å². The number of nitrogens with zero attached hydrogens (tertiary/aromatic N) is 2. The van der Waals surface area contributed by atoms with Crippen molar-refractivity contribution in [3.63, 3.8) is 0 Å². The monoisotopic (exact) mass is 223 g/mol. The highest BCUT2D eigenvalue weighted by atomic mass is 35.5. The van der Waals surface area contributed by atoms with Crippen molar-refractivity contribution in [2.24, 2.45) is 5.73 Å². The van der Waals surface area contributed by atoms with Crippen molar-refractivity contribution in [3.05, 3.63) is 39.9 Å². The Morgan fingerprint density at radius 2 is 2.27 bits per heavy atom. The fourth-order valence-electron chi connectivity index (χ4n) is 1.42. The fraction of sp³-hybridized carbons (Fsp3) is 0.200. The molecule has 0 spiro atoms. The van der Waals surface area contributed by atoms with Crippen LogP contribution in [0.4, 0.5) is 0 Å². The lowest BCUT2D eigenvalue weighted by atomic mass is 10.2. The van der Waals surface area contributed by atoms with Gasteiger partial charge in [-0.3, -0.25) is 9.36 Å². The summed E-state index contributed by atoms with van der Waals surface area (Å²) in [4.78, 5) is 16.0. The van der Waals surface area contributed by atoms with Gasteiger partial charge in [-0.25, -0.2) is 4.98 Å². The summed E-state index contributed by atoms with van der Waals surface area (Å²) in [5, 5.41) is 0.962. The SMILES string of the molecule is CC(N)n1cnc2c(Cl)cccc2c1=O. The van der Waals surface area contributed by atoms with Crippen molar-refractivity contribution in [1.29, 1.82) is 0 Å². The second-order valence-electron chi connectivity index (χ2n) is 3.33. The van der Waals surface area contributed by atoms with Gasteiger partial charge in [0.1, 0.15) is 0 Å². The first-order valence-electron chi connectivity index (χ1n) is 4.52. The lowest BCUT2D eigenvalue weighted by Crippen LogP contribution is -2.28. The number of benzene rings is 1. The molecule has 1 aromatic heterocycles. The van der Waals surface area contributed by atoms with Crippen molar-refractivity contribution in [3.8, 4) is 0 Å². The van der Waals surface area contributed by atoms with Crippen LogP contribution in [-0.2, 0) is 0 Å². The van der Waals surface area contributed by atoms with E-state index in [0.717, 1.165) is 0 Å². The summed E-state index contributed by atoms with van der Waals surface area (Å²) in [6.45, 7) is 1.72. The highest BCUT2D eigenvalue weighted by Crippen LogP contribution is 2.17. The summed E-state index contributed by atoms with van der Waals surface area (Å²) in [6.07, 6.45) is 1.02. The number of hydrogen-bond donors (Lipinski definition) is 1. The van der Waals surface area contributed by atoms with Gasteiger partial charge in [-0.05, 0) is 19.1 Å². The van der Waals surface area contributed by atoms with Gasteiger partial charge in [0.2, 0.25) is 0 Å². The zero-order valence-electron chi connectivity index (χ0n) is 8.14. The second kappa shape index (κ2) is 3.64. The Morgan fingerprint density at radius 1 is 1.53 bits per heavy atom. The molecule has 78 valence electrons. The molecule has 2 rings (SSSR count). The molecule has 15 heavy (non-hydrogen) atoms. The summed E-state index contributed by atoms with van der Waals surface area (Å²) in [7, 11) is 0. The lowest BCUT2D eigenvalue weighted by Gasteiger charge is -2.09. The third-order valence-electron chi connectivity index (χ3n) is 2.20. The number of aromatic nitrogens is 2. The van der Waals surface area contributed by atoms with Crippen molar-refractivity contribution in [2.45, 2.75) is 13.1 Å². The standard InChI is InChI=1S/C10H10ClN3O/c1-6(12)14-5-13-9-7(10(14)15)3-2-4-8(9)11/h2-6H,12H2,1H3. The number of nitrogens with two attached hydrogens (primary N) is 1. The minimum atomic E-state index is -0.395. The van der Waals surface area contributed by atoms with Crippen LogP contribution in [0.5, 0.6) is 0 Å². The third kappa shape index (κ3) is 1.62. The lowest BCUT2D eigenvalue weighted by molar-refractivity contribution is 0.547. The van der Waals surface area contributed by atoms with E-state index in [-0.39, 0.29) is 5.56 Å². The number of fused-ring (bicyclic) bond motifs is 1. The molecule has 0 saturated heterocycles. The molecule has 1 aromatic carbocycles. The smallest absolute Gasteiger partial charge is 0.262 e. The van der Waals surface area contributed by atoms with E-state index in [2.05, 4.69) is 4.98 Å². The van der Waals surface area contributed by atoms with Crippen molar-refractivity contribution in [2.75, 3.05) is 0 Å². The molecule has 0 saturated carbocycles. The molecule has 0 bridgehead atoms. The normalized spacial score (nSPS) is 13.0. The Bertz CT molecular complexity index is 562. The number of para-hydroxylation sites is 1. The Kier molecular flexibility index (Phi) is 2.46. The maximum absolute atomic E-state index is 11.9. The first-order valence-corrected chi connectivity index (χ1v) is 4.90. The van der Waals surface area contributed by atoms with Gasteiger partial charge in [-0.1, -0.05) is 17.7 Å². The highest BCUT2D eigenvalue weighted by molar-refractivity contribution is 6.34. The number of halogens is 1. The van der Waals surface area contributed by atoms with Crippen LogP contribution in [-0.4, -0.2) is 9.55 Å². The molecule has 0 aliphatic rings. The predicted octanol–water partition coefficient (Wildman–Crippen LogP) is 1.53. The minimum Gasteiger partial charge on any atom is -0.311 e. The molecular weight excluding hydrogens is 214 g/mol. The second-order valence-corrected chi connectivity index (χ2v) is 3.74. The Balaban J connectivity index is 2.86. The summed E-state index contributed by atoms with van der Waals surface area (Å²) in [5.74, 6) is 0. The van der Waals surface area contributed by atoms with Crippen LogP contribution < -0.4 is 11.3 Å². The molecule has 1 unspecified atom stereocenters. The van der Waals surface area contributed by atoms with E-state index in [1.54, 1.807) is 25.1 Å². The highest BCUT2D eigenvalue weighted by Gasteiger charge is 2.08. The van der Waals surface area contributed by atoms with Crippen LogP contribution in [0.1, 0.15) is 13.1 Å². The van der Waals surface area contributed by atoms with E-state index in [9.17, 15) is 4.79 Å². The Morgan fingerprint density at radius 3 is 2.93 bits per heavy atom. The largest absolute Gasteiger partial charge is 0.311 e. The summed E-state index contributed by atoms with van der Waals surface area (Å²) >= 11 is 5.92. The van der Waals surface area contributed by atoms with E-state index < -0.39 is 6.17 Å². The molecular formula is C10H10ClN3O. The molecule has 0 fully saturated rings. The van der Waals surface area contributed by atoms with Crippen LogP contribution in [0.2, 0.25) is 5.02 Å². The van der Waals surface area contributed by atoms with Gasteiger partial charge in [0, 0.05) is 0 Å². The van der Waals surface area contributed by atoms with E-state index in [1.165, 1.54) is 10.9 Å². The predicted molar refractivity (Wildman–Crippen MR) is 59.9 cm³/mol. The maximum Gasteiger partial charge on any atom is 0.262 e. The van der Waals surface area contributed by atoms with Crippen molar-refractivity contribution in [1.82, 2.24) is 9.55 Å². The van der Waals surface area contributed by atoms with Crippen LogP contribution in [0.15, 0.2) is 29.3 Å². The van der Waals surface area contributed by atoms with Gasteiger partial charge in [0.15, 0.2) is 0 Å². The molecule has 5 heteroatoms. The molecule has 0 aliphatic heterocycles. The van der Waals surface area contributed by atoms with Gasteiger partial charge in [0.05, 0.1) is 28.4 Å². The van der Waals surface area contributed by atoms with Gasteiger partial charge in [-0.2, -0.15) is 0 Å². The number of hydrogen-bond acceptors (Lipinski definition) is 3.